The Morgan fingerprint density at radius 3 is 3.08 bits per heavy atom. The first-order valence-electron chi connectivity index (χ1n) is 8.41. The normalized spacial score (nSPS) is 20.1. The first kappa shape index (κ1) is 15.4. The van der Waals surface area contributed by atoms with Crippen LogP contribution in [0.5, 0.6) is 5.75 Å². The average Bonchev–Trinajstić information content (AvgIpc) is 3.17. The van der Waals surface area contributed by atoms with Crippen LogP contribution in [0.4, 0.5) is 4.79 Å². The van der Waals surface area contributed by atoms with Crippen LogP contribution < -0.4 is 15.4 Å². The van der Waals surface area contributed by atoms with E-state index < -0.39 is 0 Å². The second-order valence-electron chi connectivity index (χ2n) is 6.51. The first-order valence-corrected chi connectivity index (χ1v) is 9.29. The third-order valence-corrected chi connectivity index (χ3v) is 5.53. The van der Waals surface area contributed by atoms with Gasteiger partial charge in [0.25, 0.3) is 0 Å². The predicted octanol–water partition coefficient (Wildman–Crippen LogP) is 3.38. The number of amides is 2. The quantitative estimate of drug-likeness (QED) is 0.875. The molecular weight excluding hydrogens is 322 g/mol. The van der Waals surface area contributed by atoms with Crippen molar-refractivity contribution in [2.75, 3.05) is 6.61 Å². The number of thiazole rings is 1. The summed E-state index contributed by atoms with van der Waals surface area (Å²) in [6.07, 6.45) is 2.50. The molecule has 1 aliphatic heterocycles. The molecule has 0 spiro atoms. The van der Waals surface area contributed by atoms with Crippen molar-refractivity contribution in [2.45, 2.75) is 44.2 Å². The van der Waals surface area contributed by atoms with Crippen molar-refractivity contribution in [3.8, 4) is 5.75 Å². The first-order chi connectivity index (χ1) is 11.7. The van der Waals surface area contributed by atoms with Gasteiger partial charge in [-0.2, -0.15) is 0 Å². The molecular formula is C18H21N3O2S. The van der Waals surface area contributed by atoms with Gasteiger partial charge >= 0.3 is 6.03 Å². The van der Waals surface area contributed by atoms with Crippen LogP contribution in [0.15, 0.2) is 29.6 Å². The van der Waals surface area contributed by atoms with Gasteiger partial charge in [-0.05, 0) is 25.8 Å². The third kappa shape index (κ3) is 3.24. The van der Waals surface area contributed by atoms with E-state index in [0.29, 0.717) is 19.1 Å². The summed E-state index contributed by atoms with van der Waals surface area (Å²) < 4.78 is 5.69. The number of hydrogen-bond donors (Lipinski definition) is 2. The van der Waals surface area contributed by atoms with Gasteiger partial charge in [0.2, 0.25) is 0 Å². The van der Waals surface area contributed by atoms with Crippen LogP contribution in [0.1, 0.15) is 47.9 Å². The molecule has 0 unspecified atom stereocenters. The van der Waals surface area contributed by atoms with Crippen molar-refractivity contribution in [1.82, 2.24) is 15.6 Å². The lowest BCUT2D eigenvalue weighted by Gasteiger charge is -2.20. The topological polar surface area (TPSA) is 63.2 Å². The molecule has 0 saturated heterocycles. The molecule has 2 N–H and O–H groups in total. The van der Waals surface area contributed by atoms with E-state index in [-0.39, 0.29) is 18.0 Å². The van der Waals surface area contributed by atoms with E-state index in [0.717, 1.165) is 10.8 Å². The maximum absolute atomic E-state index is 12.2. The lowest BCUT2D eigenvalue weighted by molar-refractivity contribution is 0.232. The van der Waals surface area contributed by atoms with Gasteiger partial charge in [0.15, 0.2) is 0 Å². The largest absolute Gasteiger partial charge is 0.493 e. The SMILES string of the molecule is C[C@H](NC(=O)NCc1nc(C2CC2)cs1)[C@H]1COc2ccccc21. The van der Waals surface area contributed by atoms with Crippen molar-refractivity contribution in [1.29, 1.82) is 0 Å². The van der Waals surface area contributed by atoms with Gasteiger partial charge in [-0.3, -0.25) is 0 Å². The number of hydrogen-bond acceptors (Lipinski definition) is 4. The Morgan fingerprint density at radius 2 is 2.25 bits per heavy atom. The summed E-state index contributed by atoms with van der Waals surface area (Å²) in [6.45, 7) is 3.11. The monoisotopic (exact) mass is 343 g/mol. The number of benzene rings is 1. The van der Waals surface area contributed by atoms with E-state index >= 15 is 0 Å². The lowest BCUT2D eigenvalue weighted by atomic mass is 9.94. The molecule has 2 aromatic rings. The van der Waals surface area contributed by atoms with Crippen LogP contribution in [0.3, 0.4) is 0 Å². The number of carbonyl (C=O) groups is 1. The summed E-state index contributed by atoms with van der Waals surface area (Å²) in [6, 6.07) is 7.87. The van der Waals surface area contributed by atoms with Crippen molar-refractivity contribution < 1.29 is 9.53 Å². The van der Waals surface area contributed by atoms with E-state index in [1.165, 1.54) is 24.1 Å². The molecule has 0 radical (unpaired) electrons. The number of ether oxygens (including phenoxy) is 1. The standard InChI is InChI=1S/C18H21N3O2S/c1-11(14-9-23-16-5-3-2-4-13(14)16)20-18(22)19-8-17-21-15(10-24-17)12-6-7-12/h2-5,10-12,14H,6-9H2,1H3,(H2,19,20,22)/t11-,14+/m0/s1. The fraction of sp³-hybridized carbons (Fsp3) is 0.444. The smallest absolute Gasteiger partial charge is 0.315 e. The van der Waals surface area contributed by atoms with Crippen molar-refractivity contribution in [3.63, 3.8) is 0 Å². The van der Waals surface area contributed by atoms with Crippen molar-refractivity contribution in [3.05, 3.63) is 45.9 Å². The molecule has 5 nitrogen and oxygen atoms in total. The van der Waals surface area contributed by atoms with E-state index in [9.17, 15) is 4.79 Å². The Labute approximate surface area is 145 Å². The molecule has 4 rings (SSSR count). The molecule has 126 valence electrons. The van der Waals surface area contributed by atoms with Crippen LogP contribution in [0.25, 0.3) is 0 Å². The van der Waals surface area contributed by atoms with E-state index in [2.05, 4.69) is 27.1 Å². The number of carbonyl (C=O) groups excluding carboxylic acids is 1. The summed E-state index contributed by atoms with van der Waals surface area (Å²) >= 11 is 1.62. The summed E-state index contributed by atoms with van der Waals surface area (Å²) in [5.41, 5.74) is 2.35. The summed E-state index contributed by atoms with van der Waals surface area (Å²) in [4.78, 5) is 16.7. The third-order valence-electron chi connectivity index (χ3n) is 4.66. The summed E-state index contributed by atoms with van der Waals surface area (Å²) in [5, 5.41) is 9.01. The molecule has 1 saturated carbocycles. The maximum atomic E-state index is 12.2. The minimum atomic E-state index is -0.157. The van der Waals surface area contributed by atoms with Gasteiger partial charge in [0.05, 0.1) is 18.8 Å². The van der Waals surface area contributed by atoms with Crippen LogP contribution in [0.2, 0.25) is 0 Å². The van der Waals surface area contributed by atoms with Crippen molar-refractivity contribution >= 4 is 17.4 Å². The van der Waals surface area contributed by atoms with Crippen LogP contribution in [-0.2, 0) is 6.54 Å². The predicted molar refractivity (Wildman–Crippen MR) is 93.6 cm³/mol. The number of aromatic nitrogens is 1. The fourth-order valence-electron chi connectivity index (χ4n) is 3.09. The van der Waals surface area contributed by atoms with E-state index in [1.807, 2.05) is 25.1 Å². The van der Waals surface area contributed by atoms with Crippen molar-refractivity contribution in [2.24, 2.45) is 0 Å². The van der Waals surface area contributed by atoms with Gasteiger partial charge < -0.3 is 15.4 Å². The Bertz CT molecular complexity index is 741. The number of rotatable bonds is 5. The highest BCUT2D eigenvalue weighted by atomic mass is 32.1. The molecule has 6 heteroatoms. The fourth-order valence-corrected chi connectivity index (χ4v) is 3.90. The van der Waals surface area contributed by atoms with E-state index in [1.54, 1.807) is 11.3 Å². The molecule has 2 aliphatic rings. The maximum Gasteiger partial charge on any atom is 0.315 e. The molecule has 1 aliphatic carbocycles. The van der Waals surface area contributed by atoms with Gasteiger partial charge in [-0.25, -0.2) is 9.78 Å². The van der Waals surface area contributed by atoms with Gasteiger partial charge in [0.1, 0.15) is 10.8 Å². The minimum absolute atomic E-state index is 0.00645. The van der Waals surface area contributed by atoms with Gasteiger partial charge in [-0.1, -0.05) is 18.2 Å². The minimum Gasteiger partial charge on any atom is -0.493 e. The van der Waals surface area contributed by atoms with Crippen LogP contribution in [-0.4, -0.2) is 23.7 Å². The Morgan fingerprint density at radius 1 is 1.42 bits per heavy atom. The molecule has 1 aromatic carbocycles. The number of fused-ring (bicyclic) bond motifs is 1. The number of nitrogens with zero attached hydrogens (tertiary/aromatic N) is 1. The summed E-state index contributed by atoms with van der Waals surface area (Å²) in [5.74, 6) is 1.77. The Kier molecular flexibility index (Phi) is 4.14. The van der Waals surface area contributed by atoms with Gasteiger partial charge in [-0.15, -0.1) is 11.3 Å². The molecule has 2 amide bonds. The van der Waals surface area contributed by atoms with E-state index in [4.69, 9.17) is 4.74 Å². The Hall–Kier alpha value is -2.08. The molecule has 0 bridgehead atoms. The highest BCUT2D eigenvalue weighted by molar-refractivity contribution is 7.09. The number of nitrogens with one attached hydrogen (secondary N) is 2. The highest BCUT2D eigenvalue weighted by Gasteiger charge is 2.29. The zero-order valence-electron chi connectivity index (χ0n) is 13.6. The van der Waals surface area contributed by atoms with Gasteiger partial charge in [0, 0.05) is 28.8 Å². The molecule has 1 aromatic heterocycles. The number of urea groups is 1. The lowest BCUT2D eigenvalue weighted by Crippen LogP contribution is -2.43. The molecule has 2 atom stereocenters. The second-order valence-corrected chi connectivity index (χ2v) is 7.45. The highest BCUT2D eigenvalue weighted by Crippen LogP contribution is 2.40. The zero-order valence-corrected chi connectivity index (χ0v) is 14.4. The van der Waals surface area contributed by atoms with Crippen LogP contribution >= 0.6 is 11.3 Å². The number of para-hydroxylation sites is 1. The zero-order chi connectivity index (χ0) is 16.5. The van der Waals surface area contributed by atoms with Crippen LogP contribution in [0, 0.1) is 0 Å². The molecule has 1 fully saturated rings. The second kappa shape index (κ2) is 6.43. The Balaban J connectivity index is 1.29. The molecule has 24 heavy (non-hydrogen) atoms. The summed E-state index contributed by atoms with van der Waals surface area (Å²) in [7, 11) is 0. The molecule has 2 heterocycles. The average molecular weight is 343 g/mol.